The molecule has 0 spiro atoms. The van der Waals surface area contributed by atoms with Gasteiger partial charge in [0.05, 0.1) is 21.2 Å². The number of rotatable bonds is 5. The fourth-order valence-corrected chi connectivity index (χ4v) is 6.21. The second-order valence-corrected chi connectivity index (χ2v) is 10.6. The molecule has 0 unspecified atom stereocenters. The van der Waals surface area contributed by atoms with Crippen molar-refractivity contribution in [1.29, 1.82) is 0 Å². The third-order valence-corrected chi connectivity index (χ3v) is 8.42. The number of carbonyl (C=O) groups excluding carboxylic acids is 1. The Kier molecular flexibility index (Phi) is 5.85. The van der Waals surface area contributed by atoms with Crippen LogP contribution in [0.1, 0.15) is 41.0 Å². The Labute approximate surface area is 202 Å². The van der Waals surface area contributed by atoms with Crippen molar-refractivity contribution in [3.8, 4) is 5.69 Å². The van der Waals surface area contributed by atoms with Crippen LogP contribution in [0.2, 0.25) is 0 Å². The van der Waals surface area contributed by atoms with E-state index in [4.69, 9.17) is 0 Å². The number of piperidine rings is 1. The van der Waals surface area contributed by atoms with Crippen LogP contribution in [-0.2, 0) is 16.4 Å². The number of benzene rings is 2. The molecule has 0 atom stereocenters. The zero-order chi connectivity index (χ0) is 24.7. The third-order valence-electron chi connectivity index (χ3n) is 6.53. The van der Waals surface area contributed by atoms with E-state index in [2.05, 4.69) is 10.3 Å². The Hall–Kier alpha value is -3.64. The number of non-ortho nitro benzene ring substituents is 1. The van der Waals surface area contributed by atoms with Gasteiger partial charge in [-0.15, -0.1) is 5.10 Å². The molecule has 3 heterocycles. The van der Waals surface area contributed by atoms with Crippen LogP contribution in [0.3, 0.4) is 0 Å². The van der Waals surface area contributed by atoms with Crippen LogP contribution in [0, 0.1) is 17.0 Å². The number of carbonyl (C=O) groups is 1. The van der Waals surface area contributed by atoms with Crippen molar-refractivity contribution in [3.05, 3.63) is 69.5 Å². The minimum atomic E-state index is -3.56. The molecule has 0 aliphatic carbocycles. The van der Waals surface area contributed by atoms with Crippen LogP contribution in [0.5, 0.6) is 0 Å². The Morgan fingerprint density at radius 1 is 1.06 bits per heavy atom. The second kappa shape index (κ2) is 8.86. The summed E-state index contributed by atoms with van der Waals surface area (Å²) < 4.78 is 29.0. The third kappa shape index (κ3) is 4.08. The van der Waals surface area contributed by atoms with Crippen molar-refractivity contribution < 1.29 is 18.1 Å². The molecule has 2 aromatic carbocycles. The number of anilines is 1. The van der Waals surface area contributed by atoms with E-state index < -0.39 is 14.9 Å². The van der Waals surface area contributed by atoms with Crippen molar-refractivity contribution in [2.24, 2.45) is 0 Å². The van der Waals surface area contributed by atoms with Gasteiger partial charge in [0.1, 0.15) is 0 Å². The SMILES string of the molecule is Cc1c(C(=O)N2CCc3cc(S(=O)(=O)N4CCCCC4)ccc32)nnn1-c1cccc([N+](=O)[O-])c1. The lowest BCUT2D eigenvalue weighted by atomic mass is 10.2. The zero-order valence-corrected chi connectivity index (χ0v) is 19.9. The fraction of sp³-hybridized carbons (Fsp3) is 0.348. The summed E-state index contributed by atoms with van der Waals surface area (Å²) in [6.07, 6.45) is 3.30. The quantitative estimate of drug-likeness (QED) is 0.392. The van der Waals surface area contributed by atoms with Crippen molar-refractivity contribution in [2.75, 3.05) is 24.5 Å². The van der Waals surface area contributed by atoms with Crippen LogP contribution in [0.4, 0.5) is 11.4 Å². The maximum absolute atomic E-state index is 13.4. The highest BCUT2D eigenvalue weighted by Gasteiger charge is 2.32. The molecule has 1 aromatic heterocycles. The van der Waals surface area contributed by atoms with Crippen molar-refractivity contribution >= 4 is 27.3 Å². The number of nitrogens with zero attached hydrogens (tertiary/aromatic N) is 6. The van der Waals surface area contributed by atoms with Crippen LogP contribution >= 0.6 is 0 Å². The summed E-state index contributed by atoms with van der Waals surface area (Å²) in [4.78, 5) is 25.8. The standard InChI is InChI=1S/C23H24N6O5S/c1-16-22(24-25-28(16)18-6-5-7-19(15-18)29(31)32)23(30)27-13-10-17-14-20(8-9-21(17)27)35(33,34)26-11-3-2-4-12-26/h5-9,14-15H,2-4,10-13H2,1H3. The highest BCUT2D eigenvalue weighted by molar-refractivity contribution is 7.89. The van der Waals surface area contributed by atoms with E-state index in [1.807, 2.05) is 0 Å². The van der Waals surface area contributed by atoms with Gasteiger partial charge in [0.15, 0.2) is 5.69 Å². The largest absolute Gasteiger partial charge is 0.306 e. The molecule has 1 saturated heterocycles. The molecular weight excluding hydrogens is 472 g/mol. The van der Waals surface area contributed by atoms with E-state index in [1.54, 1.807) is 42.2 Å². The van der Waals surface area contributed by atoms with Gasteiger partial charge in [-0.2, -0.15) is 4.31 Å². The number of nitro benzene ring substituents is 1. The van der Waals surface area contributed by atoms with Crippen molar-refractivity contribution in [3.63, 3.8) is 0 Å². The van der Waals surface area contributed by atoms with E-state index in [0.29, 0.717) is 43.1 Å². The first-order chi connectivity index (χ1) is 16.8. The topological polar surface area (TPSA) is 132 Å². The number of hydrogen-bond acceptors (Lipinski definition) is 7. The summed E-state index contributed by atoms with van der Waals surface area (Å²) in [5.74, 6) is -0.357. The Balaban J connectivity index is 1.41. The number of hydrogen-bond donors (Lipinski definition) is 0. The first-order valence-corrected chi connectivity index (χ1v) is 12.8. The van der Waals surface area contributed by atoms with Crippen molar-refractivity contribution in [1.82, 2.24) is 19.3 Å². The van der Waals surface area contributed by atoms with Gasteiger partial charge in [0.25, 0.3) is 11.6 Å². The van der Waals surface area contributed by atoms with Crippen molar-refractivity contribution in [2.45, 2.75) is 37.5 Å². The van der Waals surface area contributed by atoms with Gasteiger partial charge in [-0.25, -0.2) is 13.1 Å². The number of sulfonamides is 1. The first-order valence-electron chi connectivity index (χ1n) is 11.4. The van der Waals surface area contributed by atoms with E-state index in [-0.39, 0.29) is 22.2 Å². The predicted molar refractivity (Wildman–Crippen MR) is 127 cm³/mol. The number of aromatic nitrogens is 3. The average Bonchev–Trinajstić information content (AvgIpc) is 3.47. The summed E-state index contributed by atoms with van der Waals surface area (Å²) >= 11 is 0. The number of fused-ring (bicyclic) bond motifs is 1. The molecule has 11 nitrogen and oxygen atoms in total. The molecule has 0 radical (unpaired) electrons. The fourth-order valence-electron chi connectivity index (χ4n) is 4.64. The molecule has 5 rings (SSSR count). The maximum atomic E-state index is 13.4. The van der Waals surface area contributed by atoms with Gasteiger partial charge in [0, 0.05) is 37.5 Å². The van der Waals surface area contributed by atoms with Gasteiger partial charge in [-0.3, -0.25) is 14.9 Å². The lowest BCUT2D eigenvalue weighted by Gasteiger charge is -2.26. The molecule has 0 saturated carbocycles. The maximum Gasteiger partial charge on any atom is 0.280 e. The second-order valence-electron chi connectivity index (χ2n) is 8.67. The van der Waals surface area contributed by atoms with E-state index in [0.717, 1.165) is 24.8 Å². The Morgan fingerprint density at radius 3 is 2.57 bits per heavy atom. The smallest absolute Gasteiger partial charge is 0.280 e. The van der Waals surface area contributed by atoms with Gasteiger partial charge in [0.2, 0.25) is 10.0 Å². The molecule has 35 heavy (non-hydrogen) atoms. The normalized spacial score (nSPS) is 16.3. The molecule has 182 valence electrons. The van der Waals surface area contributed by atoms with Gasteiger partial charge >= 0.3 is 0 Å². The molecule has 0 bridgehead atoms. The number of nitro groups is 1. The monoisotopic (exact) mass is 496 g/mol. The summed E-state index contributed by atoms with van der Waals surface area (Å²) in [5, 5.41) is 19.2. The lowest BCUT2D eigenvalue weighted by Crippen LogP contribution is -2.35. The highest BCUT2D eigenvalue weighted by atomic mass is 32.2. The molecule has 3 aromatic rings. The van der Waals surface area contributed by atoms with Gasteiger partial charge in [-0.05, 0) is 56.0 Å². The number of amides is 1. The Bertz CT molecular complexity index is 1430. The van der Waals surface area contributed by atoms with E-state index >= 15 is 0 Å². The summed E-state index contributed by atoms with van der Waals surface area (Å²) in [6.45, 7) is 3.13. The van der Waals surface area contributed by atoms with Crippen LogP contribution < -0.4 is 4.90 Å². The van der Waals surface area contributed by atoms with E-state index in [1.165, 1.54) is 21.1 Å². The summed E-state index contributed by atoms with van der Waals surface area (Å²) in [7, 11) is -3.56. The molecule has 12 heteroatoms. The van der Waals surface area contributed by atoms with Gasteiger partial charge < -0.3 is 4.90 Å². The minimum Gasteiger partial charge on any atom is -0.306 e. The molecule has 0 N–H and O–H groups in total. The summed E-state index contributed by atoms with van der Waals surface area (Å²) in [6, 6.07) is 10.8. The average molecular weight is 497 g/mol. The van der Waals surface area contributed by atoms with Gasteiger partial charge in [-0.1, -0.05) is 17.7 Å². The zero-order valence-electron chi connectivity index (χ0n) is 19.1. The lowest BCUT2D eigenvalue weighted by molar-refractivity contribution is -0.384. The predicted octanol–water partition coefficient (Wildman–Crippen LogP) is 2.86. The van der Waals surface area contributed by atoms with E-state index in [9.17, 15) is 23.3 Å². The summed E-state index contributed by atoms with van der Waals surface area (Å²) in [5.41, 5.74) is 2.37. The molecular formula is C23H24N6O5S. The molecule has 1 fully saturated rings. The van der Waals surface area contributed by atoms with Crippen LogP contribution in [0.25, 0.3) is 5.69 Å². The Morgan fingerprint density at radius 2 is 1.83 bits per heavy atom. The van der Waals surface area contributed by atoms with Crippen LogP contribution in [-0.4, -0.2) is 58.2 Å². The highest BCUT2D eigenvalue weighted by Crippen LogP contribution is 2.33. The minimum absolute atomic E-state index is 0.0888. The molecule has 1 amide bonds. The van der Waals surface area contributed by atoms with Crippen LogP contribution in [0.15, 0.2) is 47.4 Å². The first kappa shape index (κ1) is 23.1. The molecule has 2 aliphatic heterocycles. The molecule has 2 aliphatic rings.